The second kappa shape index (κ2) is 7.74. The molecule has 0 N–H and O–H groups in total. The Balaban J connectivity index is 1.69. The molecule has 0 aliphatic rings. The van der Waals surface area contributed by atoms with Crippen molar-refractivity contribution < 1.29 is 13.9 Å². The minimum absolute atomic E-state index is 0.0294. The molecule has 0 saturated heterocycles. The molecule has 1 amide bonds. The first kappa shape index (κ1) is 18.2. The Bertz CT molecular complexity index is 885. The average Bonchev–Trinajstić information content (AvgIpc) is 3.25. The zero-order valence-corrected chi connectivity index (χ0v) is 15.8. The molecule has 0 aliphatic heterocycles. The maximum absolute atomic E-state index is 13.0. The standard InChI is InChI=1S/C20H21FN2O2S/c1-14-15(2)26-20(23-10-4-5-11-23)18(14)19(24)22(3)12-13-25-17-8-6-16(21)7-9-17/h4-11H,12-13H2,1-3H3. The first-order chi connectivity index (χ1) is 12.5. The highest BCUT2D eigenvalue weighted by Gasteiger charge is 2.23. The maximum atomic E-state index is 13.0. The van der Waals surface area contributed by atoms with Crippen LogP contribution >= 0.6 is 11.3 Å². The highest BCUT2D eigenvalue weighted by atomic mass is 32.1. The van der Waals surface area contributed by atoms with Crippen LogP contribution in [0.15, 0.2) is 48.8 Å². The number of hydrogen-bond donors (Lipinski definition) is 0. The second-order valence-electron chi connectivity index (χ2n) is 6.08. The number of ether oxygens (including phenoxy) is 1. The smallest absolute Gasteiger partial charge is 0.257 e. The summed E-state index contributed by atoms with van der Waals surface area (Å²) in [6.45, 7) is 4.79. The minimum Gasteiger partial charge on any atom is -0.492 e. The van der Waals surface area contributed by atoms with Crippen LogP contribution in [0.4, 0.5) is 4.39 Å². The average molecular weight is 372 g/mol. The fourth-order valence-corrected chi connectivity index (χ4v) is 3.75. The molecule has 1 aromatic carbocycles. The number of rotatable bonds is 6. The molecule has 2 heterocycles. The number of amides is 1. The van der Waals surface area contributed by atoms with Crippen molar-refractivity contribution in [1.29, 1.82) is 0 Å². The third-order valence-corrected chi connectivity index (χ3v) is 5.50. The Hall–Kier alpha value is -2.60. The van der Waals surface area contributed by atoms with Gasteiger partial charge in [-0.25, -0.2) is 4.39 Å². The van der Waals surface area contributed by atoms with E-state index in [9.17, 15) is 9.18 Å². The first-order valence-electron chi connectivity index (χ1n) is 8.34. The summed E-state index contributed by atoms with van der Waals surface area (Å²) in [6, 6.07) is 9.75. The summed E-state index contributed by atoms with van der Waals surface area (Å²) >= 11 is 1.62. The van der Waals surface area contributed by atoms with Gasteiger partial charge in [-0.3, -0.25) is 4.79 Å². The van der Waals surface area contributed by atoms with Crippen molar-refractivity contribution in [3.05, 3.63) is 70.6 Å². The summed E-state index contributed by atoms with van der Waals surface area (Å²) in [6.07, 6.45) is 3.89. The van der Waals surface area contributed by atoms with Crippen molar-refractivity contribution in [3.8, 4) is 10.8 Å². The third-order valence-electron chi connectivity index (χ3n) is 4.28. The lowest BCUT2D eigenvalue weighted by Gasteiger charge is -2.19. The number of benzene rings is 1. The van der Waals surface area contributed by atoms with E-state index in [-0.39, 0.29) is 11.7 Å². The van der Waals surface area contributed by atoms with Gasteiger partial charge >= 0.3 is 0 Å². The summed E-state index contributed by atoms with van der Waals surface area (Å²) in [5.41, 5.74) is 1.74. The molecule has 6 heteroatoms. The van der Waals surface area contributed by atoms with Gasteiger partial charge in [0, 0.05) is 24.3 Å². The molecule has 26 heavy (non-hydrogen) atoms. The van der Waals surface area contributed by atoms with Crippen molar-refractivity contribution in [1.82, 2.24) is 9.47 Å². The molecule has 0 radical (unpaired) electrons. The van der Waals surface area contributed by atoms with Gasteiger partial charge in [0.2, 0.25) is 0 Å². The van der Waals surface area contributed by atoms with Gasteiger partial charge in [-0.1, -0.05) is 0 Å². The lowest BCUT2D eigenvalue weighted by Crippen LogP contribution is -2.31. The second-order valence-corrected chi connectivity index (χ2v) is 7.29. The lowest BCUT2D eigenvalue weighted by atomic mass is 10.1. The van der Waals surface area contributed by atoms with E-state index in [1.165, 1.54) is 12.1 Å². The van der Waals surface area contributed by atoms with Gasteiger partial charge in [0.1, 0.15) is 23.2 Å². The summed E-state index contributed by atoms with van der Waals surface area (Å²) in [5.74, 6) is 0.256. The molecule has 0 saturated carbocycles. The number of carbonyl (C=O) groups is 1. The highest BCUT2D eigenvalue weighted by molar-refractivity contribution is 7.15. The number of aromatic nitrogens is 1. The zero-order valence-electron chi connectivity index (χ0n) is 15.0. The van der Waals surface area contributed by atoms with Gasteiger partial charge < -0.3 is 14.2 Å². The van der Waals surface area contributed by atoms with Crippen LogP contribution in [0.2, 0.25) is 0 Å². The third kappa shape index (κ3) is 3.80. The highest BCUT2D eigenvalue weighted by Crippen LogP contribution is 2.31. The number of aryl methyl sites for hydroxylation is 1. The minimum atomic E-state index is -0.300. The zero-order chi connectivity index (χ0) is 18.7. The van der Waals surface area contributed by atoms with Crippen LogP contribution in [0.3, 0.4) is 0 Å². The van der Waals surface area contributed by atoms with Gasteiger partial charge in [-0.2, -0.15) is 0 Å². The van der Waals surface area contributed by atoms with Crippen LogP contribution in [0.1, 0.15) is 20.8 Å². The van der Waals surface area contributed by atoms with Crippen molar-refractivity contribution in [2.45, 2.75) is 13.8 Å². The maximum Gasteiger partial charge on any atom is 0.257 e. The van der Waals surface area contributed by atoms with Gasteiger partial charge in [0.25, 0.3) is 5.91 Å². The first-order valence-corrected chi connectivity index (χ1v) is 9.16. The van der Waals surface area contributed by atoms with Crippen LogP contribution in [0.25, 0.3) is 5.00 Å². The normalized spacial score (nSPS) is 10.8. The van der Waals surface area contributed by atoms with Crippen LogP contribution in [0, 0.1) is 19.7 Å². The van der Waals surface area contributed by atoms with Gasteiger partial charge in [0.15, 0.2) is 0 Å². The van der Waals surface area contributed by atoms with E-state index in [1.54, 1.807) is 35.4 Å². The molecule has 0 bridgehead atoms. The molecular formula is C20H21FN2O2S. The molecule has 136 valence electrons. The molecule has 4 nitrogen and oxygen atoms in total. The van der Waals surface area contributed by atoms with Crippen LogP contribution < -0.4 is 4.74 Å². The molecule has 0 atom stereocenters. The Labute approximate surface area is 156 Å². The van der Waals surface area contributed by atoms with Crippen LogP contribution in [-0.4, -0.2) is 35.6 Å². The summed E-state index contributed by atoms with van der Waals surface area (Å²) in [5, 5.41) is 0.932. The van der Waals surface area contributed by atoms with Crippen molar-refractivity contribution in [2.75, 3.05) is 20.2 Å². The predicted molar refractivity (Wildman–Crippen MR) is 102 cm³/mol. The van der Waals surface area contributed by atoms with Gasteiger partial charge in [0.05, 0.1) is 12.1 Å². The predicted octanol–water partition coefficient (Wildman–Crippen LogP) is 4.45. The largest absolute Gasteiger partial charge is 0.492 e. The molecule has 3 aromatic rings. The number of carbonyl (C=O) groups excluding carboxylic acids is 1. The summed E-state index contributed by atoms with van der Waals surface area (Å²) in [7, 11) is 1.77. The van der Waals surface area contributed by atoms with E-state index in [1.807, 2.05) is 42.9 Å². The van der Waals surface area contributed by atoms with E-state index in [0.29, 0.717) is 18.9 Å². The Morgan fingerprint density at radius 1 is 1.19 bits per heavy atom. The molecular weight excluding hydrogens is 351 g/mol. The lowest BCUT2D eigenvalue weighted by molar-refractivity contribution is 0.0773. The topological polar surface area (TPSA) is 34.5 Å². The number of hydrogen-bond acceptors (Lipinski definition) is 3. The molecule has 0 unspecified atom stereocenters. The molecule has 0 spiro atoms. The summed E-state index contributed by atoms with van der Waals surface area (Å²) < 4.78 is 20.5. The Morgan fingerprint density at radius 3 is 2.50 bits per heavy atom. The van der Waals surface area contributed by atoms with E-state index in [0.717, 1.165) is 21.0 Å². The van der Waals surface area contributed by atoms with E-state index in [4.69, 9.17) is 4.74 Å². The fraction of sp³-hybridized carbons (Fsp3) is 0.250. The van der Waals surface area contributed by atoms with Crippen LogP contribution in [0.5, 0.6) is 5.75 Å². The van der Waals surface area contributed by atoms with Crippen LogP contribution in [-0.2, 0) is 0 Å². The van der Waals surface area contributed by atoms with Gasteiger partial charge in [-0.15, -0.1) is 11.3 Å². The Kier molecular flexibility index (Phi) is 5.42. The SMILES string of the molecule is Cc1sc(-n2cccc2)c(C(=O)N(C)CCOc2ccc(F)cc2)c1C. The van der Waals surface area contributed by atoms with Gasteiger partial charge in [-0.05, 0) is 55.8 Å². The van der Waals surface area contributed by atoms with Crippen molar-refractivity contribution in [3.63, 3.8) is 0 Å². The summed E-state index contributed by atoms with van der Waals surface area (Å²) in [4.78, 5) is 15.8. The van der Waals surface area contributed by atoms with E-state index in [2.05, 4.69) is 0 Å². The molecule has 3 rings (SSSR count). The molecule has 0 aliphatic carbocycles. The number of nitrogens with zero attached hydrogens (tertiary/aromatic N) is 2. The van der Waals surface area contributed by atoms with Crippen molar-refractivity contribution >= 4 is 17.2 Å². The fourth-order valence-electron chi connectivity index (χ4n) is 2.64. The van der Waals surface area contributed by atoms with Crippen molar-refractivity contribution in [2.24, 2.45) is 0 Å². The molecule has 0 fully saturated rings. The monoisotopic (exact) mass is 372 g/mol. The molecule has 2 aromatic heterocycles. The quantitative estimate of drug-likeness (QED) is 0.641. The van der Waals surface area contributed by atoms with E-state index < -0.39 is 0 Å². The number of thiophene rings is 1. The number of halogens is 1. The number of likely N-dealkylation sites (N-methyl/N-ethyl adjacent to an activating group) is 1. The Morgan fingerprint density at radius 2 is 1.85 bits per heavy atom. The van der Waals surface area contributed by atoms with E-state index >= 15 is 0 Å².